The number of fused-ring (bicyclic) bond motifs is 1. The zero-order valence-electron chi connectivity index (χ0n) is 12.2. The molecule has 5 nitrogen and oxygen atoms in total. The van der Waals surface area contributed by atoms with Gasteiger partial charge in [-0.1, -0.05) is 0 Å². The van der Waals surface area contributed by atoms with Gasteiger partial charge in [0.05, 0.1) is 0 Å². The van der Waals surface area contributed by atoms with Crippen molar-refractivity contribution in [1.82, 2.24) is 9.80 Å². The summed E-state index contributed by atoms with van der Waals surface area (Å²) in [6, 6.07) is 1.52. The number of carboxylic acids is 1. The summed E-state index contributed by atoms with van der Waals surface area (Å²) in [6.45, 7) is 3.56. The Morgan fingerprint density at radius 2 is 2.24 bits per heavy atom. The minimum absolute atomic E-state index is 0. The lowest BCUT2D eigenvalue weighted by atomic mass is 10.1. The molecule has 0 spiro atoms. The van der Waals surface area contributed by atoms with Gasteiger partial charge in [-0.25, -0.2) is 0 Å². The van der Waals surface area contributed by atoms with E-state index in [0.717, 1.165) is 13.0 Å². The first-order valence-corrected chi connectivity index (χ1v) is 7.63. The lowest BCUT2D eigenvalue weighted by Crippen LogP contribution is -2.40. The second-order valence-electron chi connectivity index (χ2n) is 5.18. The van der Waals surface area contributed by atoms with E-state index in [2.05, 4.69) is 11.4 Å². The second kappa shape index (κ2) is 7.77. The Morgan fingerprint density at radius 1 is 1.52 bits per heavy atom. The quantitative estimate of drug-likeness (QED) is 0.894. The van der Waals surface area contributed by atoms with Crippen molar-refractivity contribution in [3.8, 4) is 0 Å². The van der Waals surface area contributed by atoms with Crippen molar-refractivity contribution in [3.05, 3.63) is 21.9 Å². The van der Waals surface area contributed by atoms with E-state index in [1.165, 1.54) is 10.4 Å². The number of hydrogen-bond donors (Lipinski definition) is 1. The highest BCUT2D eigenvalue weighted by molar-refractivity contribution is 7.10. The number of rotatable bonds is 5. The van der Waals surface area contributed by atoms with E-state index in [4.69, 9.17) is 5.11 Å². The summed E-state index contributed by atoms with van der Waals surface area (Å²) in [5.74, 6) is -0.757. The number of aliphatic carboxylic acids is 1. The van der Waals surface area contributed by atoms with Gasteiger partial charge in [0.2, 0.25) is 5.91 Å². The Bertz CT molecular complexity index is 506. The first-order chi connectivity index (χ1) is 9.49. The van der Waals surface area contributed by atoms with Crippen LogP contribution in [0.25, 0.3) is 0 Å². The number of hydrogen-bond acceptors (Lipinski definition) is 4. The Hall–Kier alpha value is -1.11. The molecule has 1 aliphatic rings. The molecular weight excluding hydrogens is 312 g/mol. The van der Waals surface area contributed by atoms with E-state index in [0.29, 0.717) is 19.5 Å². The zero-order valence-corrected chi connectivity index (χ0v) is 13.9. The van der Waals surface area contributed by atoms with Crippen molar-refractivity contribution >= 4 is 35.6 Å². The molecule has 1 N–H and O–H groups in total. The van der Waals surface area contributed by atoms with Gasteiger partial charge in [0.25, 0.3) is 0 Å². The molecule has 21 heavy (non-hydrogen) atoms. The average molecular weight is 333 g/mol. The first-order valence-electron chi connectivity index (χ1n) is 6.75. The van der Waals surface area contributed by atoms with Crippen LogP contribution in [0.2, 0.25) is 0 Å². The summed E-state index contributed by atoms with van der Waals surface area (Å²) in [5, 5.41) is 11.0. The summed E-state index contributed by atoms with van der Waals surface area (Å²) in [6.07, 6.45) is 1.30. The summed E-state index contributed by atoms with van der Waals surface area (Å²) in [4.78, 5) is 28.0. The number of carboxylic acid groups (broad SMARTS) is 1. The van der Waals surface area contributed by atoms with Gasteiger partial charge in [-0.3, -0.25) is 14.5 Å². The predicted molar refractivity (Wildman–Crippen MR) is 85.0 cm³/mol. The number of likely N-dealkylation sites (N-methyl/N-ethyl adjacent to an activating group) is 1. The number of amides is 1. The smallest absolute Gasteiger partial charge is 0.320 e. The van der Waals surface area contributed by atoms with Gasteiger partial charge < -0.3 is 10.0 Å². The molecule has 0 saturated heterocycles. The van der Waals surface area contributed by atoms with E-state index < -0.39 is 12.0 Å². The number of halogens is 1. The van der Waals surface area contributed by atoms with Gasteiger partial charge in [0.1, 0.15) is 6.04 Å². The molecule has 0 bridgehead atoms. The Kier molecular flexibility index (Phi) is 6.64. The standard InChI is InChI=1S/C14H20N2O3S.ClH/c1-10(14(18)19)15(2)6-4-13(17)16-7-3-12-11(9-16)5-8-20-12;/h5,8,10H,3-4,6-7,9H2,1-2H3,(H,18,19);1H. The van der Waals surface area contributed by atoms with Crippen molar-refractivity contribution in [3.63, 3.8) is 0 Å². The van der Waals surface area contributed by atoms with Gasteiger partial charge in [-0.05, 0) is 37.4 Å². The predicted octanol–water partition coefficient (Wildman–Crippen LogP) is 1.85. The van der Waals surface area contributed by atoms with Crippen molar-refractivity contribution in [1.29, 1.82) is 0 Å². The fraction of sp³-hybridized carbons (Fsp3) is 0.571. The minimum atomic E-state index is -0.860. The molecule has 1 aromatic rings. The third kappa shape index (κ3) is 4.43. The maximum Gasteiger partial charge on any atom is 0.320 e. The molecular formula is C14H21ClN2O3S. The fourth-order valence-corrected chi connectivity index (χ4v) is 3.16. The molecule has 0 fully saturated rings. The highest BCUT2D eigenvalue weighted by Gasteiger charge is 2.23. The number of nitrogens with zero attached hydrogens (tertiary/aromatic N) is 2. The SMILES string of the molecule is CC(C(=O)O)N(C)CCC(=O)N1CCc2sccc2C1.Cl. The molecule has 1 unspecified atom stereocenters. The molecule has 2 heterocycles. The average Bonchev–Trinajstić information content (AvgIpc) is 2.90. The molecule has 0 aliphatic carbocycles. The molecule has 1 amide bonds. The molecule has 0 aromatic carbocycles. The Morgan fingerprint density at radius 3 is 2.90 bits per heavy atom. The van der Waals surface area contributed by atoms with Gasteiger partial charge in [-0.15, -0.1) is 23.7 Å². The van der Waals surface area contributed by atoms with Crippen molar-refractivity contribution in [2.75, 3.05) is 20.1 Å². The summed E-state index contributed by atoms with van der Waals surface area (Å²) in [5.41, 5.74) is 1.25. The number of carbonyl (C=O) groups excluding carboxylic acids is 1. The third-order valence-electron chi connectivity index (χ3n) is 3.86. The van der Waals surface area contributed by atoms with Crippen LogP contribution in [0.3, 0.4) is 0 Å². The van der Waals surface area contributed by atoms with Gasteiger partial charge >= 0.3 is 5.97 Å². The number of carbonyl (C=O) groups is 2. The maximum absolute atomic E-state index is 12.2. The first kappa shape index (κ1) is 17.9. The third-order valence-corrected chi connectivity index (χ3v) is 4.88. The van der Waals surface area contributed by atoms with Crippen LogP contribution in [0.4, 0.5) is 0 Å². The monoisotopic (exact) mass is 332 g/mol. The molecule has 0 radical (unpaired) electrons. The van der Waals surface area contributed by atoms with Gasteiger partial charge in [0.15, 0.2) is 0 Å². The van der Waals surface area contributed by atoms with Crippen molar-refractivity contribution < 1.29 is 14.7 Å². The normalized spacial score (nSPS) is 15.3. The Labute approximate surface area is 135 Å². The van der Waals surface area contributed by atoms with E-state index in [9.17, 15) is 9.59 Å². The largest absolute Gasteiger partial charge is 0.480 e. The fourth-order valence-electron chi connectivity index (χ4n) is 2.27. The van der Waals surface area contributed by atoms with Crippen molar-refractivity contribution in [2.24, 2.45) is 0 Å². The summed E-state index contributed by atoms with van der Waals surface area (Å²) < 4.78 is 0. The van der Waals surface area contributed by atoms with E-state index in [1.807, 2.05) is 4.90 Å². The van der Waals surface area contributed by atoms with E-state index in [-0.39, 0.29) is 18.3 Å². The lowest BCUT2D eigenvalue weighted by Gasteiger charge is -2.28. The van der Waals surface area contributed by atoms with Crippen LogP contribution in [0.15, 0.2) is 11.4 Å². The number of thiophene rings is 1. The highest BCUT2D eigenvalue weighted by Crippen LogP contribution is 2.24. The van der Waals surface area contributed by atoms with Gasteiger partial charge in [0, 0.05) is 30.9 Å². The molecule has 1 aromatic heterocycles. The molecule has 118 valence electrons. The van der Waals surface area contributed by atoms with Crippen LogP contribution in [0.1, 0.15) is 23.8 Å². The van der Waals surface area contributed by atoms with Crippen LogP contribution in [0, 0.1) is 0 Å². The van der Waals surface area contributed by atoms with E-state index in [1.54, 1.807) is 30.2 Å². The lowest BCUT2D eigenvalue weighted by molar-refractivity contribution is -0.143. The highest BCUT2D eigenvalue weighted by atomic mass is 35.5. The maximum atomic E-state index is 12.2. The van der Waals surface area contributed by atoms with E-state index >= 15 is 0 Å². The van der Waals surface area contributed by atoms with Crippen LogP contribution in [-0.4, -0.2) is 53.0 Å². The minimum Gasteiger partial charge on any atom is -0.480 e. The van der Waals surface area contributed by atoms with Crippen molar-refractivity contribution in [2.45, 2.75) is 32.4 Å². The molecule has 2 rings (SSSR count). The molecule has 1 atom stereocenters. The summed E-state index contributed by atoms with van der Waals surface area (Å²) >= 11 is 1.75. The van der Waals surface area contributed by atoms with Crippen LogP contribution in [-0.2, 0) is 22.6 Å². The van der Waals surface area contributed by atoms with Crippen LogP contribution < -0.4 is 0 Å². The Balaban J connectivity index is 0.00000220. The van der Waals surface area contributed by atoms with Crippen LogP contribution >= 0.6 is 23.7 Å². The molecule has 1 aliphatic heterocycles. The van der Waals surface area contributed by atoms with Gasteiger partial charge in [-0.2, -0.15) is 0 Å². The second-order valence-corrected chi connectivity index (χ2v) is 6.18. The zero-order chi connectivity index (χ0) is 14.7. The topological polar surface area (TPSA) is 60.9 Å². The molecule has 7 heteroatoms. The molecule has 0 saturated carbocycles. The van der Waals surface area contributed by atoms with Crippen LogP contribution in [0.5, 0.6) is 0 Å². The summed E-state index contributed by atoms with van der Waals surface area (Å²) in [7, 11) is 1.74.